The van der Waals surface area contributed by atoms with Gasteiger partial charge in [0.15, 0.2) is 0 Å². The Labute approximate surface area is 137 Å². The maximum Gasteiger partial charge on any atom is 0.337 e. The third kappa shape index (κ3) is 5.33. The van der Waals surface area contributed by atoms with E-state index in [4.69, 9.17) is 0 Å². The molecule has 1 fully saturated rings. The maximum atomic E-state index is 12.1. The van der Waals surface area contributed by atoms with Gasteiger partial charge < -0.3 is 19.9 Å². The average molecular weight is 319 g/mol. The fraction of sp³-hybridized carbons (Fsp3) is 0.529. The number of benzene rings is 1. The van der Waals surface area contributed by atoms with E-state index in [0.717, 1.165) is 39.3 Å². The zero-order chi connectivity index (χ0) is 16.7. The van der Waals surface area contributed by atoms with E-state index in [1.807, 2.05) is 0 Å². The average Bonchev–Trinajstić information content (AvgIpc) is 2.60. The number of esters is 1. The van der Waals surface area contributed by atoms with E-state index in [2.05, 4.69) is 26.8 Å². The summed E-state index contributed by atoms with van der Waals surface area (Å²) >= 11 is 0. The Bertz CT molecular complexity index is 540. The van der Waals surface area contributed by atoms with Crippen molar-refractivity contribution in [3.63, 3.8) is 0 Å². The summed E-state index contributed by atoms with van der Waals surface area (Å²) in [5.74, 6) is -0.445. The maximum absolute atomic E-state index is 12.1. The molecule has 2 rings (SSSR count). The van der Waals surface area contributed by atoms with Crippen LogP contribution in [0, 0.1) is 0 Å². The summed E-state index contributed by atoms with van der Waals surface area (Å²) < 4.78 is 4.68. The number of methoxy groups -OCH3 is 1. The first-order valence-electron chi connectivity index (χ1n) is 8.05. The number of likely N-dealkylation sites (N-methyl/N-ethyl adjacent to an activating group) is 1. The molecule has 0 bridgehead atoms. The summed E-state index contributed by atoms with van der Waals surface area (Å²) in [5.41, 5.74) is 1.05. The smallest absolute Gasteiger partial charge is 0.337 e. The molecule has 1 heterocycles. The number of nitrogens with one attached hydrogen (secondary N) is 1. The molecule has 0 aliphatic carbocycles. The van der Waals surface area contributed by atoms with Crippen molar-refractivity contribution < 1.29 is 14.3 Å². The largest absolute Gasteiger partial charge is 0.465 e. The number of nitrogens with zero attached hydrogens (tertiary/aromatic N) is 2. The van der Waals surface area contributed by atoms with Crippen molar-refractivity contribution in [2.75, 3.05) is 51.7 Å². The second-order valence-corrected chi connectivity index (χ2v) is 5.65. The molecule has 0 atom stereocenters. The fourth-order valence-corrected chi connectivity index (χ4v) is 2.65. The lowest BCUT2D eigenvalue weighted by Gasteiger charge is -2.33. The topological polar surface area (TPSA) is 61.9 Å². The number of hydrogen-bond acceptors (Lipinski definition) is 5. The number of anilines is 1. The Kier molecular flexibility index (Phi) is 6.55. The van der Waals surface area contributed by atoms with Crippen LogP contribution < -0.4 is 5.32 Å². The number of carbonyl (C=O) groups is 2. The van der Waals surface area contributed by atoms with Crippen LogP contribution >= 0.6 is 0 Å². The number of amides is 1. The van der Waals surface area contributed by atoms with Gasteiger partial charge in [0.2, 0.25) is 5.91 Å². The van der Waals surface area contributed by atoms with Crippen LogP contribution in [0.25, 0.3) is 0 Å². The molecule has 0 aromatic heterocycles. The van der Waals surface area contributed by atoms with Crippen molar-refractivity contribution in [1.29, 1.82) is 0 Å². The van der Waals surface area contributed by atoms with Crippen LogP contribution in [0.5, 0.6) is 0 Å². The van der Waals surface area contributed by atoms with Crippen LogP contribution in [0.1, 0.15) is 23.7 Å². The number of carbonyl (C=O) groups excluding carboxylic acids is 2. The molecule has 0 unspecified atom stereocenters. The monoisotopic (exact) mass is 319 g/mol. The predicted octanol–water partition coefficient (Wildman–Crippen LogP) is 1.44. The van der Waals surface area contributed by atoms with Crippen molar-refractivity contribution in [2.24, 2.45) is 0 Å². The minimum absolute atomic E-state index is 0.0371. The minimum Gasteiger partial charge on any atom is -0.465 e. The van der Waals surface area contributed by atoms with Gasteiger partial charge in [0.25, 0.3) is 0 Å². The molecule has 1 aliphatic heterocycles. The quantitative estimate of drug-likeness (QED) is 0.804. The highest BCUT2D eigenvalue weighted by molar-refractivity contribution is 5.94. The summed E-state index contributed by atoms with van der Waals surface area (Å²) in [6, 6.07) is 6.79. The third-order valence-corrected chi connectivity index (χ3v) is 4.13. The molecule has 0 spiro atoms. The molecule has 1 aromatic rings. The van der Waals surface area contributed by atoms with Gasteiger partial charge in [0, 0.05) is 44.8 Å². The highest BCUT2D eigenvalue weighted by Crippen LogP contribution is 2.12. The molecule has 6 nitrogen and oxygen atoms in total. The van der Waals surface area contributed by atoms with Crippen molar-refractivity contribution >= 4 is 17.6 Å². The van der Waals surface area contributed by atoms with Gasteiger partial charge in [0.1, 0.15) is 0 Å². The van der Waals surface area contributed by atoms with E-state index in [1.54, 1.807) is 24.3 Å². The van der Waals surface area contributed by atoms with Crippen LogP contribution in [0.4, 0.5) is 5.69 Å². The molecule has 0 radical (unpaired) electrons. The molecule has 6 heteroatoms. The Hall–Kier alpha value is -1.92. The number of piperazine rings is 1. The zero-order valence-corrected chi connectivity index (χ0v) is 13.9. The lowest BCUT2D eigenvalue weighted by Crippen LogP contribution is -2.46. The fourth-order valence-electron chi connectivity index (χ4n) is 2.65. The Morgan fingerprint density at radius 2 is 1.87 bits per heavy atom. The van der Waals surface area contributed by atoms with Crippen molar-refractivity contribution in [3.8, 4) is 0 Å². The molecule has 23 heavy (non-hydrogen) atoms. The molecule has 1 amide bonds. The van der Waals surface area contributed by atoms with Crippen LogP contribution in [0.3, 0.4) is 0 Å². The van der Waals surface area contributed by atoms with Crippen molar-refractivity contribution in [3.05, 3.63) is 29.8 Å². The number of hydrogen-bond donors (Lipinski definition) is 1. The summed E-state index contributed by atoms with van der Waals surface area (Å²) in [7, 11) is 1.34. The normalized spacial score (nSPS) is 16.1. The van der Waals surface area contributed by atoms with E-state index in [1.165, 1.54) is 7.11 Å². The van der Waals surface area contributed by atoms with Gasteiger partial charge in [-0.3, -0.25) is 4.79 Å². The molecule has 126 valence electrons. The molecule has 0 saturated carbocycles. The van der Waals surface area contributed by atoms with E-state index in [0.29, 0.717) is 17.7 Å². The van der Waals surface area contributed by atoms with Gasteiger partial charge in [-0.05, 0) is 24.7 Å². The SMILES string of the molecule is CCN1CCN(CCC(=O)Nc2cccc(C(=O)OC)c2)CC1. The van der Waals surface area contributed by atoms with Crippen molar-refractivity contribution in [2.45, 2.75) is 13.3 Å². The van der Waals surface area contributed by atoms with Crippen LogP contribution in [-0.4, -0.2) is 68.1 Å². The van der Waals surface area contributed by atoms with E-state index in [9.17, 15) is 9.59 Å². The molecule has 1 aliphatic rings. The second kappa shape index (κ2) is 8.64. The Morgan fingerprint density at radius 3 is 2.52 bits per heavy atom. The summed E-state index contributed by atoms with van der Waals surface area (Å²) in [5, 5.41) is 2.84. The first-order chi connectivity index (χ1) is 11.1. The first kappa shape index (κ1) is 17.4. The highest BCUT2D eigenvalue weighted by Gasteiger charge is 2.16. The lowest BCUT2D eigenvalue weighted by molar-refractivity contribution is -0.116. The number of rotatable bonds is 6. The van der Waals surface area contributed by atoms with Gasteiger partial charge in [0.05, 0.1) is 12.7 Å². The summed E-state index contributed by atoms with van der Waals surface area (Å²) in [4.78, 5) is 28.3. The molecule has 1 saturated heterocycles. The van der Waals surface area contributed by atoms with Gasteiger partial charge in [-0.25, -0.2) is 4.79 Å². The zero-order valence-electron chi connectivity index (χ0n) is 13.9. The van der Waals surface area contributed by atoms with Crippen LogP contribution in [-0.2, 0) is 9.53 Å². The van der Waals surface area contributed by atoms with Gasteiger partial charge in [-0.1, -0.05) is 13.0 Å². The lowest BCUT2D eigenvalue weighted by atomic mass is 10.2. The first-order valence-corrected chi connectivity index (χ1v) is 8.05. The molecular formula is C17H25N3O3. The molecular weight excluding hydrogens is 294 g/mol. The van der Waals surface area contributed by atoms with Crippen LogP contribution in [0.15, 0.2) is 24.3 Å². The minimum atomic E-state index is -0.408. The van der Waals surface area contributed by atoms with Gasteiger partial charge >= 0.3 is 5.97 Å². The van der Waals surface area contributed by atoms with Gasteiger partial charge in [-0.2, -0.15) is 0 Å². The van der Waals surface area contributed by atoms with Crippen molar-refractivity contribution in [1.82, 2.24) is 9.80 Å². The third-order valence-electron chi connectivity index (χ3n) is 4.13. The molecule has 1 aromatic carbocycles. The van der Waals surface area contributed by atoms with E-state index in [-0.39, 0.29) is 5.91 Å². The van der Waals surface area contributed by atoms with E-state index >= 15 is 0 Å². The standard InChI is InChI=1S/C17H25N3O3/c1-3-19-9-11-20(12-10-19)8-7-16(21)18-15-6-4-5-14(13-15)17(22)23-2/h4-6,13H,3,7-12H2,1-2H3,(H,18,21). The Balaban J connectivity index is 1.78. The predicted molar refractivity (Wildman–Crippen MR) is 89.6 cm³/mol. The summed E-state index contributed by atoms with van der Waals surface area (Å²) in [6.45, 7) is 8.19. The highest BCUT2D eigenvalue weighted by atomic mass is 16.5. The van der Waals surface area contributed by atoms with E-state index < -0.39 is 5.97 Å². The second-order valence-electron chi connectivity index (χ2n) is 5.65. The Morgan fingerprint density at radius 1 is 1.17 bits per heavy atom. The molecule has 1 N–H and O–H groups in total. The summed E-state index contributed by atoms with van der Waals surface area (Å²) in [6.07, 6.45) is 0.453. The van der Waals surface area contributed by atoms with Crippen LogP contribution in [0.2, 0.25) is 0 Å². The van der Waals surface area contributed by atoms with Gasteiger partial charge in [-0.15, -0.1) is 0 Å². The number of ether oxygens (including phenoxy) is 1.